The highest BCUT2D eigenvalue weighted by Crippen LogP contribution is 2.32. The third-order valence-corrected chi connectivity index (χ3v) is 5.22. The van der Waals surface area contributed by atoms with Crippen LogP contribution in [0.25, 0.3) is 11.4 Å². The molecule has 3 heterocycles. The molecule has 1 N–H and O–H groups in total. The van der Waals surface area contributed by atoms with E-state index in [0.29, 0.717) is 31.2 Å². The smallest absolute Gasteiger partial charge is 0.272 e. The number of carbonyl (C=O) groups is 1. The summed E-state index contributed by atoms with van der Waals surface area (Å²) in [6.07, 6.45) is 0. The van der Waals surface area contributed by atoms with E-state index in [1.54, 1.807) is 18.8 Å². The average Bonchev–Trinajstić information content (AvgIpc) is 3.40. The Morgan fingerprint density at radius 3 is 2.75 bits per heavy atom. The molecule has 4 rings (SSSR count). The van der Waals surface area contributed by atoms with Crippen molar-refractivity contribution in [3.8, 4) is 11.4 Å². The van der Waals surface area contributed by atoms with Crippen LogP contribution < -0.4 is 0 Å². The van der Waals surface area contributed by atoms with Crippen molar-refractivity contribution in [1.82, 2.24) is 29.9 Å². The van der Waals surface area contributed by atoms with Crippen LogP contribution in [-0.4, -0.2) is 62.6 Å². The molecule has 146 valence electrons. The molecule has 0 spiro atoms. The number of aromatic nitrogens is 5. The second-order valence-electron chi connectivity index (χ2n) is 7.24. The predicted octanol–water partition coefficient (Wildman–Crippen LogP) is 2.02. The normalized spacial score (nSPS) is 19.3. The summed E-state index contributed by atoms with van der Waals surface area (Å²) in [6, 6.07) is 11.7. The topological polar surface area (TPSA) is 88.9 Å². The maximum absolute atomic E-state index is 13.0. The Morgan fingerprint density at radius 1 is 1.29 bits per heavy atom. The Bertz CT molecular complexity index is 964. The fourth-order valence-corrected chi connectivity index (χ4v) is 3.86. The third-order valence-electron chi connectivity index (χ3n) is 5.22. The highest BCUT2D eigenvalue weighted by molar-refractivity contribution is 5.93. The zero-order valence-electron chi connectivity index (χ0n) is 16.3. The lowest BCUT2D eigenvalue weighted by Gasteiger charge is -2.16. The van der Waals surface area contributed by atoms with E-state index in [-0.39, 0.29) is 17.7 Å². The van der Waals surface area contributed by atoms with Crippen LogP contribution in [0.5, 0.6) is 0 Å². The van der Waals surface area contributed by atoms with Gasteiger partial charge in [0.1, 0.15) is 11.5 Å². The van der Waals surface area contributed by atoms with Gasteiger partial charge in [0, 0.05) is 44.6 Å². The Hall–Kier alpha value is -3.00. The first-order valence-electron chi connectivity index (χ1n) is 9.33. The number of aromatic amines is 1. The Balaban J connectivity index is 1.57. The summed E-state index contributed by atoms with van der Waals surface area (Å²) in [5.74, 6) is 1.63. The maximum atomic E-state index is 13.0. The van der Waals surface area contributed by atoms with E-state index in [2.05, 4.69) is 15.3 Å². The molecule has 1 amide bonds. The number of carbonyl (C=O) groups excluding carboxylic acids is 1. The van der Waals surface area contributed by atoms with Gasteiger partial charge in [-0.2, -0.15) is 10.2 Å². The van der Waals surface area contributed by atoms with Crippen molar-refractivity contribution < 1.29 is 9.53 Å². The van der Waals surface area contributed by atoms with Crippen LogP contribution in [0.3, 0.4) is 0 Å². The van der Waals surface area contributed by atoms with E-state index in [1.165, 1.54) is 0 Å². The molecule has 28 heavy (non-hydrogen) atoms. The molecule has 8 heteroatoms. The lowest BCUT2D eigenvalue weighted by Crippen LogP contribution is -2.30. The minimum absolute atomic E-state index is 0.0190. The lowest BCUT2D eigenvalue weighted by molar-refractivity contribution is 0.0764. The van der Waals surface area contributed by atoms with E-state index in [1.807, 2.05) is 48.2 Å². The van der Waals surface area contributed by atoms with E-state index in [0.717, 1.165) is 17.1 Å². The maximum Gasteiger partial charge on any atom is 0.272 e. The molecule has 1 aliphatic heterocycles. The van der Waals surface area contributed by atoms with Crippen molar-refractivity contribution in [2.75, 3.05) is 26.8 Å². The molecule has 1 aliphatic rings. The van der Waals surface area contributed by atoms with Crippen molar-refractivity contribution in [2.24, 2.45) is 13.0 Å². The Morgan fingerprint density at radius 2 is 2.07 bits per heavy atom. The number of hydrogen-bond donors (Lipinski definition) is 1. The van der Waals surface area contributed by atoms with E-state index in [9.17, 15) is 4.79 Å². The minimum Gasteiger partial charge on any atom is -0.384 e. The second kappa shape index (κ2) is 7.55. The summed E-state index contributed by atoms with van der Waals surface area (Å²) < 4.78 is 7.05. The molecular weight excluding hydrogens is 356 g/mol. The molecular formula is C20H24N6O2. The van der Waals surface area contributed by atoms with Crippen LogP contribution in [0.4, 0.5) is 0 Å². The fraction of sp³-hybridized carbons (Fsp3) is 0.400. The van der Waals surface area contributed by atoms with Gasteiger partial charge in [0.2, 0.25) is 0 Å². The van der Waals surface area contributed by atoms with Gasteiger partial charge in [-0.1, -0.05) is 30.3 Å². The molecule has 0 unspecified atom stereocenters. The number of amides is 1. The molecule has 0 aliphatic carbocycles. The van der Waals surface area contributed by atoms with Gasteiger partial charge in [-0.05, 0) is 13.0 Å². The standard InChI is InChI=1S/C20H24N6O2/c1-13-9-17(25(2)24-13)20(27)26-10-15(12-28-3)16(11-26)19-21-18(22-23-19)14-7-5-4-6-8-14/h4-9,15-16H,10-12H2,1-3H3,(H,21,22,23)/t15-,16+/m0/s1. The lowest BCUT2D eigenvalue weighted by atomic mass is 9.96. The molecule has 1 fully saturated rings. The second-order valence-corrected chi connectivity index (χ2v) is 7.24. The van der Waals surface area contributed by atoms with Crippen LogP contribution in [0, 0.1) is 12.8 Å². The summed E-state index contributed by atoms with van der Waals surface area (Å²) >= 11 is 0. The van der Waals surface area contributed by atoms with Crippen molar-refractivity contribution in [3.63, 3.8) is 0 Å². The molecule has 3 aromatic rings. The number of nitrogens with one attached hydrogen (secondary N) is 1. The van der Waals surface area contributed by atoms with Gasteiger partial charge in [0.25, 0.3) is 5.91 Å². The highest BCUT2D eigenvalue weighted by atomic mass is 16.5. The number of ether oxygens (including phenoxy) is 1. The van der Waals surface area contributed by atoms with E-state index >= 15 is 0 Å². The first-order chi connectivity index (χ1) is 13.6. The van der Waals surface area contributed by atoms with Crippen molar-refractivity contribution >= 4 is 5.91 Å². The predicted molar refractivity (Wildman–Crippen MR) is 104 cm³/mol. The number of aryl methyl sites for hydroxylation is 2. The number of hydrogen-bond acceptors (Lipinski definition) is 5. The van der Waals surface area contributed by atoms with Crippen molar-refractivity contribution in [3.05, 3.63) is 53.6 Å². The minimum atomic E-state index is -0.0190. The van der Waals surface area contributed by atoms with Gasteiger partial charge in [0.15, 0.2) is 5.82 Å². The zero-order chi connectivity index (χ0) is 19.7. The van der Waals surface area contributed by atoms with Crippen LogP contribution in [-0.2, 0) is 11.8 Å². The summed E-state index contributed by atoms with van der Waals surface area (Å²) in [7, 11) is 3.48. The first-order valence-corrected chi connectivity index (χ1v) is 9.33. The van der Waals surface area contributed by atoms with Crippen LogP contribution in [0.1, 0.15) is 27.9 Å². The van der Waals surface area contributed by atoms with E-state index in [4.69, 9.17) is 9.72 Å². The zero-order valence-corrected chi connectivity index (χ0v) is 16.3. The Kier molecular flexibility index (Phi) is 4.95. The van der Waals surface area contributed by atoms with Crippen molar-refractivity contribution in [2.45, 2.75) is 12.8 Å². The number of benzene rings is 1. The van der Waals surface area contributed by atoms with Gasteiger partial charge in [-0.25, -0.2) is 4.98 Å². The number of H-pyrrole nitrogens is 1. The van der Waals surface area contributed by atoms with E-state index < -0.39 is 0 Å². The summed E-state index contributed by atoms with van der Waals surface area (Å²) in [5.41, 5.74) is 2.39. The average molecular weight is 380 g/mol. The molecule has 1 saturated heterocycles. The molecule has 0 bridgehead atoms. The SMILES string of the molecule is COC[C@@H]1CN(C(=O)c2cc(C)nn2C)C[C@H]1c1nc(-c2ccccc2)n[nH]1. The molecule has 0 radical (unpaired) electrons. The number of methoxy groups -OCH3 is 1. The van der Waals surface area contributed by atoms with Crippen molar-refractivity contribution in [1.29, 1.82) is 0 Å². The van der Waals surface area contributed by atoms with Gasteiger partial charge in [0.05, 0.1) is 12.3 Å². The summed E-state index contributed by atoms with van der Waals surface area (Å²) in [5, 5.41) is 11.7. The van der Waals surface area contributed by atoms with Gasteiger partial charge < -0.3 is 9.64 Å². The quantitative estimate of drug-likeness (QED) is 0.731. The van der Waals surface area contributed by atoms with Crippen LogP contribution >= 0.6 is 0 Å². The van der Waals surface area contributed by atoms with Gasteiger partial charge in [-0.15, -0.1) is 0 Å². The molecule has 1 aromatic carbocycles. The number of nitrogens with zero attached hydrogens (tertiary/aromatic N) is 5. The first kappa shape index (κ1) is 18.4. The highest BCUT2D eigenvalue weighted by Gasteiger charge is 2.39. The molecule has 2 atom stereocenters. The third kappa shape index (κ3) is 3.43. The van der Waals surface area contributed by atoms with Crippen LogP contribution in [0.15, 0.2) is 36.4 Å². The summed E-state index contributed by atoms with van der Waals surface area (Å²) in [4.78, 5) is 19.6. The largest absolute Gasteiger partial charge is 0.384 e. The number of rotatable bonds is 5. The molecule has 8 nitrogen and oxygen atoms in total. The summed E-state index contributed by atoms with van der Waals surface area (Å²) in [6.45, 7) is 3.63. The Labute approximate surface area is 163 Å². The molecule has 2 aromatic heterocycles. The van der Waals surface area contributed by atoms with Gasteiger partial charge in [-0.3, -0.25) is 14.6 Å². The monoisotopic (exact) mass is 380 g/mol. The molecule has 0 saturated carbocycles. The number of likely N-dealkylation sites (tertiary alicyclic amines) is 1. The fourth-order valence-electron chi connectivity index (χ4n) is 3.86. The van der Waals surface area contributed by atoms with Gasteiger partial charge >= 0.3 is 0 Å². The van der Waals surface area contributed by atoms with Crippen LogP contribution in [0.2, 0.25) is 0 Å².